The minimum atomic E-state index is -0.0137. The molecule has 2 heterocycles. The van der Waals surface area contributed by atoms with Crippen LogP contribution in [0.2, 0.25) is 10.0 Å². The van der Waals surface area contributed by atoms with Crippen LogP contribution in [0.5, 0.6) is 5.75 Å². The molecule has 0 atom stereocenters. The number of carbonyl (C=O) groups excluding carboxylic acids is 1. The molecule has 1 aromatic heterocycles. The van der Waals surface area contributed by atoms with Crippen molar-refractivity contribution < 1.29 is 9.53 Å². The molecule has 2 N–H and O–H groups in total. The standard InChI is InChI=1S/C20H19Cl2N5O2S/c1-29-14-5-7-17-12(9-14)3-2-8-26(17)18(28)11-30-20-25-24-19(27(20)23)15-6-4-13(21)10-16(15)22/h4-7,9-10H,2-3,8,11,23H2,1H3. The molecule has 1 aliphatic heterocycles. The number of methoxy groups -OCH3 is 1. The molecule has 4 rings (SSSR count). The number of amides is 1. The van der Waals surface area contributed by atoms with Gasteiger partial charge in [0.2, 0.25) is 11.1 Å². The molecule has 0 bridgehead atoms. The van der Waals surface area contributed by atoms with Crippen LogP contribution in [-0.2, 0) is 11.2 Å². The lowest BCUT2D eigenvalue weighted by atomic mass is 10.0. The van der Waals surface area contributed by atoms with Gasteiger partial charge in [0, 0.05) is 22.8 Å². The van der Waals surface area contributed by atoms with Gasteiger partial charge in [0.25, 0.3) is 0 Å². The molecular weight excluding hydrogens is 445 g/mol. The van der Waals surface area contributed by atoms with Gasteiger partial charge >= 0.3 is 0 Å². The summed E-state index contributed by atoms with van der Waals surface area (Å²) < 4.78 is 6.63. The van der Waals surface area contributed by atoms with Crippen LogP contribution in [0.15, 0.2) is 41.6 Å². The minimum absolute atomic E-state index is 0.0137. The zero-order valence-corrected chi connectivity index (χ0v) is 18.5. The summed E-state index contributed by atoms with van der Waals surface area (Å²) in [5.41, 5.74) is 2.66. The first-order chi connectivity index (χ1) is 14.5. The quantitative estimate of drug-likeness (QED) is 0.453. The summed E-state index contributed by atoms with van der Waals surface area (Å²) in [6.07, 6.45) is 1.83. The Balaban J connectivity index is 1.49. The lowest BCUT2D eigenvalue weighted by molar-refractivity contribution is -0.116. The average Bonchev–Trinajstić information content (AvgIpc) is 3.11. The molecule has 0 saturated carbocycles. The van der Waals surface area contributed by atoms with Gasteiger partial charge in [-0.2, -0.15) is 0 Å². The van der Waals surface area contributed by atoms with Crippen LogP contribution in [0.25, 0.3) is 11.4 Å². The molecule has 2 aromatic carbocycles. The van der Waals surface area contributed by atoms with E-state index in [0.717, 1.165) is 29.8 Å². The lowest BCUT2D eigenvalue weighted by Gasteiger charge is -2.29. The van der Waals surface area contributed by atoms with Gasteiger partial charge in [-0.1, -0.05) is 35.0 Å². The number of rotatable bonds is 5. The van der Waals surface area contributed by atoms with E-state index in [1.165, 1.54) is 16.4 Å². The fourth-order valence-electron chi connectivity index (χ4n) is 3.39. The molecule has 0 aliphatic carbocycles. The topological polar surface area (TPSA) is 86.3 Å². The van der Waals surface area contributed by atoms with Gasteiger partial charge in [-0.3, -0.25) is 4.79 Å². The first-order valence-corrected chi connectivity index (χ1v) is 11.0. The highest BCUT2D eigenvalue weighted by Crippen LogP contribution is 2.32. The van der Waals surface area contributed by atoms with Crippen LogP contribution in [0.3, 0.4) is 0 Å². The molecule has 0 spiro atoms. The van der Waals surface area contributed by atoms with Gasteiger partial charge in [0.05, 0.1) is 17.9 Å². The fraction of sp³-hybridized carbons (Fsp3) is 0.250. The Kier molecular flexibility index (Phi) is 6.08. The third-order valence-electron chi connectivity index (χ3n) is 4.87. The minimum Gasteiger partial charge on any atom is -0.497 e. The molecule has 0 radical (unpaired) electrons. The maximum absolute atomic E-state index is 12.9. The van der Waals surface area contributed by atoms with Crippen molar-refractivity contribution in [3.63, 3.8) is 0 Å². The van der Waals surface area contributed by atoms with E-state index in [2.05, 4.69) is 10.2 Å². The number of halogens is 2. The van der Waals surface area contributed by atoms with Gasteiger partial charge in [0.15, 0.2) is 5.82 Å². The number of carbonyl (C=O) groups is 1. The van der Waals surface area contributed by atoms with E-state index >= 15 is 0 Å². The summed E-state index contributed by atoms with van der Waals surface area (Å²) in [6, 6.07) is 10.8. The number of anilines is 1. The van der Waals surface area contributed by atoms with E-state index in [0.29, 0.717) is 33.1 Å². The van der Waals surface area contributed by atoms with E-state index in [4.69, 9.17) is 33.8 Å². The number of hydrogen-bond donors (Lipinski definition) is 1. The second kappa shape index (κ2) is 8.75. The van der Waals surface area contributed by atoms with Crippen LogP contribution in [-0.4, -0.2) is 40.2 Å². The number of benzene rings is 2. The fourth-order valence-corrected chi connectivity index (χ4v) is 4.62. The number of nitrogens with two attached hydrogens (primary N) is 1. The van der Waals surface area contributed by atoms with Crippen molar-refractivity contribution in [2.45, 2.75) is 18.0 Å². The lowest BCUT2D eigenvalue weighted by Crippen LogP contribution is -2.36. The largest absolute Gasteiger partial charge is 0.497 e. The molecule has 1 aliphatic rings. The summed E-state index contributed by atoms with van der Waals surface area (Å²) in [4.78, 5) is 14.7. The number of ether oxygens (including phenoxy) is 1. The van der Waals surface area contributed by atoms with Crippen LogP contribution in [0.4, 0.5) is 5.69 Å². The van der Waals surface area contributed by atoms with Crippen LogP contribution in [0, 0.1) is 0 Å². The van der Waals surface area contributed by atoms with Crippen molar-refractivity contribution in [3.8, 4) is 17.1 Å². The predicted octanol–water partition coefficient (Wildman–Crippen LogP) is 4.05. The van der Waals surface area contributed by atoms with Gasteiger partial charge in [-0.15, -0.1) is 10.2 Å². The number of aromatic nitrogens is 3. The normalized spacial score (nSPS) is 13.2. The number of hydrogen-bond acceptors (Lipinski definition) is 6. The third kappa shape index (κ3) is 4.08. The highest BCUT2D eigenvalue weighted by Gasteiger charge is 2.24. The second-order valence-corrected chi connectivity index (χ2v) is 8.52. The second-order valence-electron chi connectivity index (χ2n) is 6.73. The van der Waals surface area contributed by atoms with Crippen LogP contribution >= 0.6 is 35.0 Å². The third-order valence-corrected chi connectivity index (χ3v) is 6.34. The van der Waals surface area contributed by atoms with Crippen molar-refractivity contribution in [1.29, 1.82) is 0 Å². The highest BCUT2D eigenvalue weighted by molar-refractivity contribution is 7.99. The zero-order valence-electron chi connectivity index (χ0n) is 16.1. The van der Waals surface area contributed by atoms with Crippen LogP contribution < -0.4 is 15.5 Å². The zero-order chi connectivity index (χ0) is 21.3. The summed E-state index contributed by atoms with van der Waals surface area (Å²) >= 11 is 13.4. The Morgan fingerprint density at radius 2 is 2.07 bits per heavy atom. The number of nitrogens with zero attached hydrogens (tertiary/aromatic N) is 4. The van der Waals surface area contributed by atoms with Crippen molar-refractivity contribution in [1.82, 2.24) is 14.9 Å². The molecule has 7 nitrogen and oxygen atoms in total. The van der Waals surface area contributed by atoms with E-state index < -0.39 is 0 Å². The molecule has 1 amide bonds. The smallest absolute Gasteiger partial charge is 0.237 e. The van der Waals surface area contributed by atoms with E-state index in [1.807, 2.05) is 18.2 Å². The maximum atomic E-state index is 12.9. The van der Waals surface area contributed by atoms with Crippen molar-refractivity contribution in [3.05, 3.63) is 52.0 Å². The molecule has 0 fully saturated rings. The molecule has 3 aromatic rings. The number of thioether (sulfide) groups is 1. The first-order valence-electron chi connectivity index (χ1n) is 9.24. The predicted molar refractivity (Wildman–Crippen MR) is 120 cm³/mol. The molecular formula is C20H19Cl2N5O2S. The van der Waals surface area contributed by atoms with E-state index in [1.54, 1.807) is 30.2 Å². The average molecular weight is 464 g/mol. The van der Waals surface area contributed by atoms with Gasteiger partial charge < -0.3 is 15.5 Å². The van der Waals surface area contributed by atoms with Crippen LogP contribution in [0.1, 0.15) is 12.0 Å². The summed E-state index contributed by atoms with van der Waals surface area (Å²) in [5, 5.41) is 9.61. The Hall–Kier alpha value is -2.42. The SMILES string of the molecule is COc1ccc2c(c1)CCCN2C(=O)CSc1nnc(-c2ccc(Cl)cc2Cl)n1N. The first kappa shape index (κ1) is 20.8. The summed E-state index contributed by atoms with van der Waals surface area (Å²) in [6.45, 7) is 0.680. The molecule has 0 unspecified atom stereocenters. The Bertz CT molecular complexity index is 1100. The maximum Gasteiger partial charge on any atom is 0.237 e. The summed E-state index contributed by atoms with van der Waals surface area (Å²) in [5.74, 6) is 7.53. The van der Waals surface area contributed by atoms with Gasteiger partial charge in [-0.05, 0) is 54.8 Å². The molecule has 156 valence electrons. The van der Waals surface area contributed by atoms with Crippen molar-refractivity contribution in [2.24, 2.45) is 0 Å². The Labute approximate surface area is 188 Å². The number of fused-ring (bicyclic) bond motifs is 1. The van der Waals surface area contributed by atoms with E-state index in [-0.39, 0.29) is 11.7 Å². The monoisotopic (exact) mass is 463 g/mol. The van der Waals surface area contributed by atoms with E-state index in [9.17, 15) is 4.79 Å². The van der Waals surface area contributed by atoms with Gasteiger partial charge in [-0.25, -0.2) is 4.68 Å². The Morgan fingerprint density at radius 1 is 1.23 bits per heavy atom. The number of aryl methyl sites for hydroxylation is 1. The molecule has 0 saturated heterocycles. The summed E-state index contributed by atoms with van der Waals surface area (Å²) in [7, 11) is 1.64. The highest BCUT2D eigenvalue weighted by atomic mass is 35.5. The van der Waals surface area contributed by atoms with Gasteiger partial charge in [0.1, 0.15) is 5.75 Å². The molecule has 30 heavy (non-hydrogen) atoms. The van der Waals surface area contributed by atoms with Crippen molar-refractivity contribution in [2.75, 3.05) is 30.1 Å². The number of nitrogen functional groups attached to an aromatic ring is 1. The van der Waals surface area contributed by atoms with Crippen molar-refractivity contribution >= 4 is 46.6 Å². The Morgan fingerprint density at radius 3 is 2.83 bits per heavy atom. The molecule has 10 heteroatoms.